The van der Waals surface area contributed by atoms with Gasteiger partial charge in [0.25, 0.3) is 15.9 Å². The van der Waals surface area contributed by atoms with Crippen molar-refractivity contribution in [2.24, 2.45) is 0 Å². The van der Waals surface area contributed by atoms with Gasteiger partial charge in [0.15, 0.2) is 0 Å². The van der Waals surface area contributed by atoms with Gasteiger partial charge in [-0.1, -0.05) is 23.7 Å². The first-order valence-corrected chi connectivity index (χ1v) is 8.06. The minimum absolute atomic E-state index is 0.0565. The molecule has 0 aromatic heterocycles. The highest BCUT2D eigenvalue weighted by Gasteiger charge is 2.19. The number of hydrogen-bond donors (Lipinski definition) is 1. The highest BCUT2D eigenvalue weighted by atomic mass is 35.5. The summed E-state index contributed by atoms with van der Waals surface area (Å²) in [4.78, 5) is 12.0. The maximum Gasteiger partial charge on any atom is 0.265 e. The van der Waals surface area contributed by atoms with Crippen LogP contribution in [-0.4, -0.2) is 14.3 Å². The molecule has 0 spiro atoms. The maximum absolute atomic E-state index is 12.2. The van der Waals surface area contributed by atoms with Gasteiger partial charge in [-0.15, -0.1) is 0 Å². The Labute approximate surface area is 128 Å². The highest BCUT2D eigenvalue weighted by molar-refractivity contribution is 7.90. The minimum Gasteiger partial charge on any atom is -0.268 e. The van der Waals surface area contributed by atoms with Crippen molar-refractivity contribution in [1.82, 2.24) is 4.72 Å². The molecule has 0 aliphatic rings. The van der Waals surface area contributed by atoms with E-state index in [-0.39, 0.29) is 10.5 Å². The zero-order valence-electron chi connectivity index (χ0n) is 11.6. The predicted molar refractivity (Wildman–Crippen MR) is 82.0 cm³/mol. The molecule has 0 heterocycles. The molecule has 0 atom stereocenters. The molecule has 1 amide bonds. The Morgan fingerprint density at radius 2 is 1.76 bits per heavy atom. The number of carbonyl (C=O) groups is 1. The van der Waals surface area contributed by atoms with Crippen molar-refractivity contribution in [2.75, 3.05) is 0 Å². The van der Waals surface area contributed by atoms with Crippen LogP contribution in [0.25, 0.3) is 0 Å². The number of sulfonamides is 1. The van der Waals surface area contributed by atoms with Crippen molar-refractivity contribution in [3.63, 3.8) is 0 Å². The SMILES string of the molecule is Cc1ccc(S(=O)(=O)NC(=O)c2cccc(Cl)c2)cc1C. The van der Waals surface area contributed by atoms with Crippen LogP contribution in [0.2, 0.25) is 5.02 Å². The van der Waals surface area contributed by atoms with Crippen LogP contribution in [0.1, 0.15) is 21.5 Å². The van der Waals surface area contributed by atoms with Gasteiger partial charge >= 0.3 is 0 Å². The van der Waals surface area contributed by atoms with Crippen LogP contribution >= 0.6 is 11.6 Å². The molecule has 0 radical (unpaired) electrons. The Morgan fingerprint density at radius 3 is 2.38 bits per heavy atom. The first-order chi connectivity index (χ1) is 9.79. The second-order valence-electron chi connectivity index (χ2n) is 4.69. The van der Waals surface area contributed by atoms with Gasteiger partial charge < -0.3 is 0 Å². The van der Waals surface area contributed by atoms with Crippen LogP contribution in [0.15, 0.2) is 47.4 Å². The summed E-state index contributed by atoms with van der Waals surface area (Å²) in [6.07, 6.45) is 0. The lowest BCUT2D eigenvalue weighted by Crippen LogP contribution is -2.30. The van der Waals surface area contributed by atoms with Crippen LogP contribution in [0.5, 0.6) is 0 Å². The summed E-state index contributed by atoms with van der Waals surface area (Å²) in [5.74, 6) is -0.712. The third-order valence-electron chi connectivity index (χ3n) is 3.10. The molecule has 6 heteroatoms. The molecule has 0 unspecified atom stereocenters. The fourth-order valence-corrected chi connectivity index (χ4v) is 3.00. The standard InChI is InChI=1S/C15H14ClNO3S/c1-10-6-7-14(8-11(10)2)21(19,20)17-15(18)12-4-3-5-13(16)9-12/h3-9H,1-2H3,(H,17,18). The Bertz CT molecular complexity index is 800. The summed E-state index contributed by atoms with van der Waals surface area (Å²) in [5.41, 5.74) is 2.01. The molecule has 0 aliphatic carbocycles. The van der Waals surface area contributed by atoms with Gasteiger partial charge in [0.05, 0.1) is 4.90 Å². The average molecular weight is 324 g/mol. The quantitative estimate of drug-likeness (QED) is 0.944. The van der Waals surface area contributed by atoms with E-state index in [4.69, 9.17) is 11.6 Å². The van der Waals surface area contributed by atoms with E-state index in [2.05, 4.69) is 0 Å². The van der Waals surface area contributed by atoms with E-state index in [1.165, 1.54) is 24.3 Å². The maximum atomic E-state index is 12.2. The summed E-state index contributed by atoms with van der Waals surface area (Å²) in [6.45, 7) is 3.70. The van der Waals surface area contributed by atoms with Crippen molar-refractivity contribution in [3.8, 4) is 0 Å². The molecule has 0 saturated carbocycles. The molecule has 0 fully saturated rings. The first kappa shape index (κ1) is 15.5. The zero-order chi connectivity index (χ0) is 15.6. The predicted octanol–water partition coefficient (Wildman–Crippen LogP) is 3.08. The molecule has 110 valence electrons. The molecule has 0 bridgehead atoms. The average Bonchev–Trinajstić information content (AvgIpc) is 2.41. The van der Waals surface area contributed by atoms with Crippen molar-refractivity contribution in [3.05, 3.63) is 64.2 Å². The van der Waals surface area contributed by atoms with Crippen molar-refractivity contribution < 1.29 is 13.2 Å². The summed E-state index contributed by atoms with van der Waals surface area (Å²) >= 11 is 5.79. The Morgan fingerprint density at radius 1 is 1.05 bits per heavy atom. The van der Waals surface area contributed by atoms with E-state index in [0.29, 0.717) is 5.02 Å². The normalized spacial score (nSPS) is 11.2. The fraction of sp³-hybridized carbons (Fsp3) is 0.133. The van der Waals surface area contributed by atoms with Crippen LogP contribution in [0.3, 0.4) is 0 Å². The van der Waals surface area contributed by atoms with E-state index < -0.39 is 15.9 Å². The van der Waals surface area contributed by atoms with Gasteiger partial charge in [-0.2, -0.15) is 0 Å². The van der Waals surface area contributed by atoms with Crippen LogP contribution in [0, 0.1) is 13.8 Å². The molecule has 0 saturated heterocycles. The monoisotopic (exact) mass is 323 g/mol. The molecule has 0 aliphatic heterocycles. The molecular formula is C15H14ClNO3S. The number of hydrogen-bond acceptors (Lipinski definition) is 3. The van der Waals surface area contributed by atoms with Crippen molar-refractivity contribution >= 4 is 27.5 Å². The lowest BCUT2D eigenvalue weighted by atomic mass is 10.1. The number of halogens is 1. The van der Waals surface area contributed by atoms with Crippen molar-refractivity contribution in [2.45, 2.75) is 18.7 Å². The first-order valence-electron chi connectivity index (χ1n) is 6.19. The summed E-state index contributed by atoms with van der Waals surface area (Å²) in [7, 11) is -3.90. The second-order valence-corrected chi connectivity index (χ2v) is 6.81. The summed E-state index contributed by atoms with van der Waals surface area (Å²) < 4.78 is 26.4. The number of amides is 1. The number of aryl methyl sites for hydroxylation is 2. The van der Waals surface area contributed by atoms with E-state index >= 15 is 0 Å². The topological polar surface area (TPSA) is 63.2 Å². The lowest BCUT2D eigenvalue weighted by molar-refractivity contribution is 0.0981. The van der Waals surface area contributed by atoms with E-state index in [9.17, 15) is 13.2 Å². The number of rotatable bonds is 3. The number of benzene rings is 2. The molecule has 21 heavy (non-hydrogen) atoms. The van der Waals surface area contributed by atoms with E-state index in [1.54, 1.807) is 18.2 Å². The smallest absolute Gasteiger partial charge is 0.265 e. The van der Waals surface area contributed by atoms with Gasteiger partial charge in [0.1, 0.15) is 0 Å². The molecular weight excluding hydrogens is 310 g/mol. The van der Waals surface area contributed by atoms with Crippen LogP contribution < -0.4 is 4.72 Å². The molecule has 2 aromatic carbocycles. The minimum atomic E-state index is -3.90. The van der Waals surface area contributed by atoms with Gasteiger partial charge in [-0.3, -0.25) is 4.79 Å². The van der Waals surface area contributed by atoms with Gasteiger partial charge in [-0.25, -0.2) is 13.1 Å². The Hall–Kier alpha value is -1.85. The van der Waals surface area contributed by atoms with Gasteiger partial charge in [-0.05, 0) is 55.3 Å². The lowest BCUT2D eigenvalue weighted by Gasteiger charge is -2.09. The fourth-order valence-electron chi connectivity index (χ4n) is 1.75. The third-order valence-corrected chi connectivity index (χ3v) is 4.67. The van der Waals surface area contributed by atoms with Gasteiger partial charge in [0, 0.05) is 10.6 Å². The van der Waals surface area contributed by atoms with E-state index in [0.717, 1.165) is 11.1 Å². The molecule has 4 nitrogen and oxygen atoms in total. The Kier molecular flexibility index (Phi) is 4.34. The summed E-state index contributed by atoms with van der Waals surface area (Å²) in [5, 5.41) is 0.367. The van der Waals surface area contributed by atoms with E-state index in [1.807, 2.05) is 18.6 Å². The molecule has 2 rings (SSSR count). The largest absolute Gasteiger partial charge is 0.268 e. The van der Waals surface area contributed by atoms with Crippen LogP contribution in [-0.2, 0) is 10.0 Å². The summed E-state index contributed by atoms with van der Waals surface area (Å²) in [6, 6.07) is 10.8. The zero-order valence-corrected chi connectivity index (χ0v) is 13.1. The Balaban J connectivity index is 2.29. The molecule has 1 N–H and O–H groups in total. The number of nitrogens with one attached hydrogen (secondary N) is 1. The van der Waals surface area contributed by atoms with Gasteiger partial charge in [0.2, 0.25) is 0 Å². The number of carbonyl (C=O) groups excluding carboxylic acids is 1. The van der Waals surface area contributed by atoms with Crippen molar-refractivity contribution in [1.29, 1.82) is 0 Å². The van der Waals surface area contributed by atoms with Crippen LogP contribution in [0.4, 0.5) is 0 Å². The second kappa shape index (κ2) is 5.87. The third kappa shape index (κ3) is 3.62. The highest BCUT2D eigenvalue weighted by Crippen LogP contribution is 2.16. The molecule has 2 aromatic rings.